The van der Waals surface area contributed by atoms with Crippen molar-refractivity contribution in [3.05, 3.63) is 94.5 Å². The second-order valence-electron chi connectivity index (χ2n) is 8.57. The smallest absolute Gasteiger partial charge is 0.346 e. The van der Waals surface area contributed by atoms with Crippen molar-refractivity contribution in [1.29, 1.82) is 0 Å². The van der Waals surface area contributed by atoms with E-state index < -0.39 is 17.9 Å². The van der Waals surface area contributed by atoms with Crippen molar-refractivity contribution in [2.45, 2.75) is 25.4 Å². The number of hydrogen-bond acceptors (Lipinski definition) is 7. The predicted octanol–water partition coefficient (Wildman–Crippen LogP) is 4.74. The first-order valence-corrected chi connectivity index (χ1v) is 11.5. The molecule has 0 spiro atoms. The highest BCUT2D eigenvalue weighted by Crippen LogP contribution is 2.33. The van der Waals surface area contributed by atoms with E-state index in [4.69, 9.17) is 21.4 Å². The maximum absolute atomic E-state index is 11.0. The number of aromatic carboxylic acids is 1. The predicted molar refractivity (Wildman–Crippen MR) is 132 cm³/mol. The van der Waals surface area contributed by atoms with Crippen molar-refractivity contribution in [3.63, 3.8) is 0 Å². The molecule has 2 aliphatic rings. The normalized spacial score (nSPS) is 15.5. The largest absolute Gasteiger partial charge is 0.508 e. The first-order valence-electron chi connectivity index (χ1n) is 10.9. The van der Waals surface area contributed by atoms with Crippen molar-refractivity contribution in [3.8, 4) is 11.5 Å². The molecule has 3 aromatic carbocycles. The van der Waals surface area contributed by atoms with Crippen LogP contribution in [-0.4, -0.2) is 51.8 Å². The molecular formula is C27H25ClO8. The van der Waals surface area contributed by atoms with Gasteiger partial charge in [-0.2, -0.15) is 0 Å². The third-order valence-electron chi connectivity index (χ3n) is 5.64. The van der Waals surface area contributed by atoms with E-state index in [2.05, 4.69) is 18.6 Å². The highest BCUT2D eigenvalue weighted by Gasteiger charge is 2.30. The molecule has 188 valence electrons. The molecule has 0 aromatic heterocycles. The zero-order valence-corrected chi connectivity index (χ0v) is 20.4. The third-order valence-corrected chi connectivity index (χ3v) is 5.99. The number of phenolic OH excluding ortho intramolecular Hbond substituents is 2. The highest BCUT2D eigenvalue weighted by atomic mass is 35.5. The third kappa shape index (κ3) is 6.62. The van der Waals surface area contributed by atoms with Crippen LogP contribution in [0.5, 0.6) is 11.5 Å². The van der Waals surface area contributed by atoms with Gasteiger partial charge in [-0.25, -0.2) is 14.4 Å². The number of alkyl halides is 1. The van der Waals surface area contributed by atoms with Crippen LogP contribution in [0.2, 0.25) is 0 Å². The summed E-state index contributed by atoms with van der Waals surface area (Å²) >= 11 is 5.27. The van der Waals surface area contributed by atoms with E-state index in [1.807, 2.05) is 24.3 Å². The van der Waals surface area contributed by atoms with Crippen LogP contribution < -0.4 is 0 Å². The standard InChI is InChI=1S/C15H16O2.C9H4O5.C3H5ClO/c1-15(2,11-3-7-13(16)8-4-11)12-5-9-14(17)10-6-12;10-7(11)4-1-2-5-6(3-4)9(13)14-8(5)12;4-1-3-2-5-3/h3-10,16-17H,1-2H3;1-3H,(H,10,11);3H,1-2H2. The molecular weight excluding hydrogens is 488 g/mol. The lowest BCUT2D eigenvalue weighted by Crippen LogP contribution is -2.18. The summed E-state index contributed by atoms with van der Waals surface area (Å²) in [5.74, 6) is -1.47. The summed E-state index contributed by atoms with van der Waals surface area (Å²) in [7, 11) is 0. The number of esters is 2. The number of epoxide rings is 1. The fourth-order valence-corrected chi connectivity index (χ4v) is 3.48. The van der Waals surface area contributed by atoms with Gasteiger partial charge in [-0.3, -0.25) is 0 Å². The number of phenols is 2. The summed E-state index contributed by atoms with van der Waals surface area (Å²) in [6.45, 7) is 5.11. The number of aromatic hydroxyl groups is 2. The van der Waals surface area contributed by atoms with Gasteiger partial charge in [0.15, 0.2) is 0 Å². The van der Waals surface area contributed by atoms with Crippen LogP contribution in [0.15, 0.2) is 66.7 Å². The summed E-state index contributed by atoms with van der Waals surface area (Å²) in [4.78, 5) is 32.5. The van der Waals surface area contributed by atoms with Gasteiger partial charge in [-0.05, 0) is 53.6 Å². The summed E-state index contributed by atoms with van der Waals surface area (Å²) in [5.41, 5.74) is 2.17. The Labute approximate surface area is 212 Å². The van der Waals surface area contributed by atoms with E-state index in [0.717, 1.165) is 23.8 Å². The van der Waals surface area contributed by atoms with E-state index in [1.54, 1.807) is 24.3 Å². The zero-order chi connectivity index (χ0) is 26.5. The van der Waals surface area contributed by atoms with Crippen LogP contribution >= 0.6 is 11.6 Å². The van der Waals surface area contributed by atoms with E-state index in [1.165, 1.54) is 12.1 Å². The lowest BCUT2D eigenvalue weighted by atomic mass is 9.78. The minimum absolute atomic E-state index is 0.00917. The van der Waals surface area contributed by atoms with Crippen molar-refractivity contribution in [2.75, 3.05) is 12.5 Å². The average molecular weight is 513 g/mol. The first-order chi connectivity index (χ1) is 17.0. The molecule has 2 heterocycles. The van der Waals surface area contributed by atoms with Crippen LogP contribution in [0.1, 0.15) is 56.0 Å². The van der Waals surface area contributed by atoms with Gasteiger partial charge in [0, 0.05) is 5.41 Å². The van der Waals surface area contributed by atoms with Crippen LogP contribution in [0, 0.1) is 0 Å². The minimum Gasteiger partial charge on any atom is -0.508 e. The van der Waals surface area contributed by atoms with Crippen molar-refractivity contribution >= 4 is 29.5 Å². The average Bonchev–Trinajstić information content (AvgIpc) is 3.65. The molecule has 0 bridgehead atoms. The zero-order valence-electron chi connectivity index (χ0n) is 19.6. The summed E-state index contributed by atoms with van der Waals surface area (Å²) in [5, 5.41) is 27.2. The van der Waals surface area contributed by atoms with Crippen LogP contribution in [0.4, 0.5) is 0 Å². The molecule has 36 heavy (non-hydrogen) atoms. The number of carbonyl (C=O) groups excluding carboxylic acids is 2. The molecule has 0 radical (unpaired) electrons. The minimum atomic E-state index is -1.15. The summed E-state index contributed by atoms with van der Waals surface area (Å²) in [6, 6.07) is 18.1. The summed E-state index contributed by atoms with van der Waals surface area (Å²) in [6.07, 6.45) is 0.400. The highest BCUT2D eigenvalue weighted by molar-refractivity contribution is 6.18. The van der Waals surface area contributed by atoms with Gasteiger partial charge in [-0.1, -0.05) is 38.1 Å². The molecule has 2 aliphatic heterocycles. The van der Waals surface area contributed by atoms with Crippen LogP contribution in [0.3, 0.4) is 0 Å². The fourth-order valence-electron chi connectivity index (χ4n) is 3.30. The number of carboxylic acid groups (broad SMARTS) is 1. The number of ether oxygens (including phenoxy) is 2. The Hall–Kier alpha value is -3.88. The molecule has 9 heteroatoms. The van der Waals surface area contributed by atoms with Gasteiger partial charge in [0.25, 0.3) is 0 Å². The molecule has 3 aromatic rings. The Morgan fingerprint density at radius 2 is 1.36 bits per heavy atom. The van der Waals surface area contributed by atoms with E-state index >= 15 is 0 Å². The van der Waals surface area contributed by atoms with Gasteiger partial charge in [0.05, 0.1) is 35.3 Å². The number of halogens is 1. The number of carboxylic acids is 1. The first kappa shape index (κ1) is 26.7. The van der Waals surface area contributed by atoms with Gasteiger partial charge in [0.2, 0.25) is 0 Å². The number of benzene rings is 3. The second kappa shape index (κ2) is 11.2. The van der Waals surface area contributed by atoms with Gasteiger partial charge < -0.3 is 24.8 Å². The van der Waals surface area contributed by atoms with E-state index in [-0.39, 0.29) is 33.6 Å². The maximum Gasteiger partial charge on any atom is 0.346 e. The Kier molecular flexibility index (Phi) is 8.34. The van der Waals surface area contributed by atoms with Crippen molar-refractivity contribution < 1.29 is 39.2 Å². The van der Waals surface area contributed by atoms with Crippen LogP contribution in [0.25, 0.3) is 0 Å². The Morgan fingerprint density at radius 1 is 0.889 bits per heavy atom. The Morgan fingerprint density at radius 3 is 1.75 bits per heavy atom. The molecule has 5 rings (SSSR count). The molecule has 1 fully saturated rings. The SMILES string of the molecule is CC(C)(c1ccc(O)cc1)c1ccc(O)cc1.ClCC1CO1.O=C(O)c1ccc2c(c1)C(=O)OC2=O. The molecule has 1 saturated heterocycles. The number of fused-ring (bicyclic) bond motifs is 1. The van der Waals surface area contributed by atoms with Gasteiger partial charge in [0.1, 0.15) is 11.5 Å². The second-order valence-corrected chi connectivity index (χ2v) is 8.88. The quantitative estimate of drug-likeness (QED) is 0.197. The molecule has 3 N–H and O–H groups in total. The monoisotopic (exact) mass is 512 g/mol. The Bertz CT molecular complexity index is 1200. The maximum atomic E-state index is 11.0. The molecule has 8 nitrogen and oxygen atoms in total. The lowest BCUT2D eigenvalue weighted by molar-refractivity contribution is 0.0443. The van der Waals surface area contributed by atoms with Gasteiger partial charge in [-0.15, -0.1) is 11.6 Å². The fraction of sp³-hybridized carbons (Fsp3) is 0.222. The number of rotatable bonds is 4. The molecule has 1 atom stereocenters. The van der Waals surface area contributed by atoms with E-state index in [9.17, 15) is 24.6 Å². The lowest BCUT2D eigenvalue weighted by Gasteiger charge is -2.26. The number of hydrogen-bond donors (Lipinski definition) is 3. The van der Waals surface area contributed by atoms with Crippen molar-refractivity contribution in [1.82, 2.24) is 0 Å². The Balaban J connectivity index is 0.000000170. The number of carbonyl (C=O) groups is 3. The van der Waals surface area contributed by atoms with Crippen molar-refractivity contribution in [2.24, 2.45) is 0 Å². The summed E-state index contributed by atoms with van der Waals surface area (Å²) < 4.78 is 9.02. The number of cyclic esters (lactones) is 2. The van der Waals surface area contributed by atoms with Crippen LogP contribution in [-0.2, 0) is 14.9 Å². The van der Waals surface area contributed by atoms with E-state index in [0.29, 0.717) is 12.0 Å². The molecule has 0 amide bonds. The topological polar surface area (TPSA) is 134 Å². The molecule has 0 saturated carbocycles. The van der Waals surface area contributed by atoms with Gasteiger partial charge >= 0.3 is 17.9 Å². The molecule has 1 unspecified atom stereocenters. The molecule has 0 aliphatic carbocycles.